The molecule has 7 heavy (non-hydrogen) atoms. The second-order valence-electron chi connectivity index (χ2n) is 1.14. The van der Waals surface area contributed by atoms with E-state index in [0.717, 1.165) is 0 Å². The number of rotatable bonds is 1. The molecule has 1 aliphatic rings. The number of hydrogen-bond acceptors (Lipinski definition) is 3. The lowest BCUT2D eigenvalue weighted by Gasteiger charge is -1.84. The zero-order chi connectivity index (χ0) is 5.11. The van der Waals surface area contributed by atoms with Crippen molar-refractivity contribution < 1.29 is 9.53 Å². The first-order chi connectivity index (χ1) is 3.43. The molecule has 0 saturated carbocycles. The normalized spacial score (nSPS) is 18.0. The van der Waals surface area contributed by atoms with Gasteiger partial charge in [-0.2, -0.15) is 0 Å². The summed E-state index contributed by atoms with van der Waals surface area (Å²) in [4.78, 5) is 13.3. The van der Waals surface area contributed by atoms with Gasteiger partial charge in [-0.05, 0) is 0 Å². The molecule has 37 valence electrons. The molecule has 0 N–H and O–H groups in total. The number of carbonyl (C=O) groups excluding carboxylic acids is 1. The Hall–Kier alpha value is -0.860. The first-order valence-corrected chi connectivity index (χ1v) is 1.99. The van der Waals surface area contributed by atoms with Crippen molar-refractivity contribution >= 4 is 12.2 Å². The summed E-state index contributed by atoms with van der Waals surface area (Å²) in [5.74, 6) is 0.111. The molecule has 0 amide bonds. The molecule has 1 rings (SSSR count). The predicted octanol–water partition coefficient (Wildman–Crippen LogP) is -0.475. The Morgan fingerprint density at radius 2 is 2.71 bits per heavy atom. The van der Waals surface area contributed by atoms with E-state index < -0.39 is 0 Å². The van der Waals surface area contributed by atoms with Crippen LogP contribution in [0, 0.1) is 0 Å². The highest BCUT2D eigenvalue weighted by molar-refractivity contribution is 6.24. The molecule has 0 bridgehead atoms. The molecule has 1 heterocycles. The van der Waals surface area contributed by atoms with Crippen molar-refractivity contribution in [3.8, 4) is 0 Å². The molecule has 0 aromatic heterocycles. The molecule has 0 saturated heterocycles. The maximum Gasteiger partial charge on any atom is 0.292 e. The van der Waals surface area contributed by atoms with E-state index in [-0.39, 0.29) is 5.90 Å². The van der Waals surface area contributed by atoms with Crippen molar-refractivity contribution in [2.45, 2.75) is 0 Å². The van der Waals surface area contributed by atoms with E-state index in [0.29, 0.717) is 13.2 Å². The van der Waals surface area contributed by atoms with Crippen LogP contribution in [0.1, 0.15) is 0 Å². The van der Waals surface area contributed by atoms with Crippen molar-refractivity contribution in [1.82, 2.24) is 0 Å². The summed E-state index contributed by atoms with van der Waals surface area (Å²) in [5.41, 5.74) is 0. The first kappa shape index (κ1) is 4.30. The number of aliphatic imine (C=N–C) groups is 1. The standard InChI is InChI=1S/C4H4NO2/c6-3-4-5-1-2-7-4/h1-2H2. The van der Waals surface area contributed by atoms with E-state index in [9.17, 15) is 4.79 Å². The molecule has 0 aromatic rings. The van der Waals surface area contributed by atoms with Gasteiger partial charge in [0.05, 0.1) is 6.54 Å². The van der Waals surface area contributed by atoms with Gasteiger partial charge in [0, 0.05) is 0 Å². The minimum Gasteiger partial charge on any atom is -0.473 e. The quantitative estimate of drug-likeness (QED) is 0.444. The van der Waals surface area contributed by atoms with Gasteiger partial charge >= 0.3 is 0 Å². The molecule has 3 nitrogen and oxygen atoms in total. The fraction of sp³-hybridized carbons (Fsp3) is 0.500. The molecule has 3 heteroatoms. The third-order valence-corrected chi connectivity index (χ3v) is 0.673. The van der Waals surface area contributed by atoms with Crippen molar-refractivity contribution in [2.24, 2.45) is 4.99 Å². The maximum atomic E-state index is 9.63. The van der Waals surface area contributed by atoms with Gasteiger partial charge in [-0.1, -0.05) is 0 Å². The second kappa shape index (κ2) is 1.73. The lowest BCUT2D eigenvalue weighted by Crippen LogP contribution is -1.97. The Morgan fingerprint density at radius 1 is 1.86 bits per heavy atom. The number of nitrogens with zero attached hydrogens (tertiary/aromatic N) is 1. The zero-order valence-corrected chi connectivity index (χ0v) is 3.68. The van der Waals surface area contributed by atoms with E-state index in [1.54, 1.807) is 6.29 Å². The van der Waals surface area contributed by atoms with Gasteiger partial charge < -0.3 is 4.74 Å². The van der Waals surface area contributed by atoms with E-state index in [1.165, 1.54) is 0 Å². The number of hydrogen-bond donors (Lipinski definition) is 0. The second-order valence-corrected chi connectivity index (χ2v) is 1.14. The highest BCUT2D eigenvalue weighted by atomic mass is 16.5. The highest BCUT2D eigenvalue weighted by Gasteiger charge is 2.03. The summed E-state index contributed by atoms with van der Waals surface area (Å²) in [6.07, 6.45) is 1.54. The largest absolute Gasteiger partial charge is 0.473 e. The van der Waals surface area contributed by atoms with Crippen LogP contribution in [-0.2, 0) is 9.53 Å². The molecular formula is C4H4NO2. The van der Waals surface area contributed by atoms with Gasteiger partial charge in [0.25, 0.3) is 12.2 Å². The van der Waals surface area contributed by atoms with Crippen LogP contribution >= 0.6 is 0 Å². The van der Waals surface area contributed by atoms with E-state index >= 15 is 0 Å². The van der Waals surface area contributed by atoms with Crippen LogP contribution in [0.5, 0.6) is 0 Å². The minimum absolute atomic E-state index is 0.111. The molecule has 0 aromatic carbocycles. The smallest absolute Gasteiger partial charge is 0.292 e. The van der Waals surface area contributed by atoms with Crippen LogP contribution in [-0.4, -0.2) is 25.3 Å². The van der Waals surface area contributed by atoms with Gasteiger partial charge in [0.1, 0.15) is 6.61 Å². The Bertz CT molecular complexity index is 108. The van der Waals surface area contributed by atoms with Crippen LogP contribution in [0.15, 0.2) is 4.99 Å². The van der Waals surface area contributed by atoms with Gasteiger partial charge in [0.2, 0.25) is 0 Å². The summed E-state index contributed by atoms with van der Waals surface area (Å²) >= 11 is 0. The summed E-state index contributed by atoms with van der Waals surface area (Å²) in [7, 11) is 0. The van der Waals surface area contributed by atoms with Crippen molar-refractivity contribution in [3.05, 3.63) is 0 Å². The summed E-state index contributed by atoms with van der Waals surface area (Å²) < 4.78 is 4.63. The minimum atomic E-state index is 0.111. The molecule has 0 atom stereocenters. The summed E-state index contributed by atoms with van der Waals surface area (Å²) in [6.45, 7) is 1.13. The van der Waals surface area contributed by atoms with Gasteiger partial charge in [-0.3, -0.25) is 4.79 Å². The van der Waals surface area contributed by atoms with E-state index in [1.807, 2.05) is 0 Å². The van der Waals surface area contributed by atoms with Crippen molar-refractivity contribution in [1.29, 1.82) is 0 Å². The van der Waals surface area contributed by atoms with Gasteiger partial charge in [0.15, 0.2) is 0 Å². The monoisotopic (exact) mass is 98.0 g/mol. The lowest BCUT2D eigenvalue weighted by atomic mass is 10.7. The average Bonchev–Trinajstić information content (AvgIpc) is 2.14. The molecule has 0 unspecified atom stereocenters. The Kier molecular flexibility index (Phi) is 1.06. The fourth-order valence-electron chi connectivity index (χ4n) is 0.397. The third kappa shape index (κ3) is 0.765. The summed E-state index contributed by atoms with van der Waals surface area (Å²) in [6, 6.07) is 0. The zero-order valence-electron chi connectivity index (χ0n) is 3.68. The lowest BCUT2D eigenvalue weighted by molar-refractivity contribution is 0.350. The topological polar surface area (TPSA) is 38.7 Å². The highest BCUT2D eigenvalue weighted by Crippen LogP contribution is 1.88. The molecule has 0 aliphatic carbocycles. The number of ether oxygens (including phenoxy) is 1. The van der Waals surface area contributed by atoms with E-state index in [4.69, 9.17) is 0 Å². The Balaban J connectivity index is 2.51. The molecule has 0 fully saturated rings. The Labute approximate surface area is 41.0 Å². The Morgan fingerprint density at radius 3 is 3.00 bits per heavy atom. The maximum absolute atomic E-state index is 9.63. The van der Waals surface area contributed by atoms with Crippen molar-refractivity contribution in [2.75, 3.05) is 13.2 Å². The van der Waals surface area contributed by atoms with Crippen LogP contribution in [0.4, 0.5) is 0 Å². The molecule has 1 aliphatic heterocycles. The summed E-state index contributed by atoms with van der Waals surface area (Å²) in [5, 5.41) is 0. The van der Waals surface area contributed by atoms with Crippen LogP contribution in [0.2, 0.25) is 0 Å². The predicted molar refractivity (Wildman–Crippen MR) is 23.9 cm³/mol. The third-order valence-electron chi connectivity index (χ3n) is 0.673. The van der Waals surface area contributed by atoms with Gasteiger partial charge in [-0.15, -0.1) is 0 Å². The van der Waals surface area contributed by atoms with Crippen LogP contribution in [0.25, 0.3) is 0 Å². The van der Waals surface area contributed by atoms with Crippen LogP contribution < -0.4 is 0 Å². The average molecular weight is 98.1 g/mol. The molecule has 1 radical (unpaired) electrons. The van der Waals surface area contributed by atoms with E-state index in [2.05, 4.69) is 9.73 Å². The fourth-order valence-corrected chi connectivity index (χ4v) is 0.397. The van der Waals surface area contributed by atoms with Crippen LogP contribution in [0.3, 0.4) is 0 Å². The molecular weight excluding hydrogens is 94.0 g/mol. The SMILES string of the molecule is O=[C]C1=NCCO1. The molecule has 0 spiro atoms. The van der Waals surface area contributed by atoms with Gasteiger partial charge in [-0.25, -0.2) is 4.99 Å². The first-order valence-electron chi connectivity index (χ1n) is 1.99. The van der Waals surface area contributed by atoms with Crippen molar-refractivity contribution in [3.63, 3.8) is 0 Å².